The van der Waals surface area contributed by atoms with Gasteiger partial charge in [-0.15, -0.1) is 5.10 Å². The first-order valence-corrected chi connectivity index (χ1v) is 11.1. The van der Waals surface area contributed by atoms with Crippen LogP contribution in [0.1, 0.15) is 15.9 Å². The van der Waals surface area contributed by atoms with Gasteiger partial charge < -0.3 is 15.4 Å². The highest BCUT2D eigenvalue weighted by molar-refractivity contribution is 7.20. The van der Waals surface area contributed by atoms with Gasteiger partial charge in [-0.1, -0.05) is 35.6 Å². The van der Waals surface area contributed by atoms with Crippen LogP contribution >= 0.6 is 11.3 Å². The van der Waals surface area contributed by atoms with Crippen molar-refractivity contribution in [3.05, 3.63) is 94.0 Å². The van der Waals surface area contributed by atoms with Crippen LogP contribution in [-0.4, -0.2) is 27.6 Å². The molecule has 0 unspecified atom stereocenters. The van der Waals surface area contributed by atoms with E-state index in [9.17, 15) is 14.0 Å². The predicted molar refractivity (Wildman–Crippen MR) is 128 cm³/mol. The minimum absolute atomic E-state index is 0.249. The molecule has 3 aromatic carbocycles. The van der Waals surface area contributed by atoms with E-state index in [1.807, 2.05) is 24.3 Å². The first-order chi connectivity index (χ1) is 16.5. The largest absolute Gasteiger partial charge is 0.495 e. The summed E-state index contributed by atoms with van der Waals surface area (Å²) < 4.78 is 19.6. The Balaban J connectivity index is 1.43. The van der Waals surface area contributed by atoms with Crippen LogP contribution in [0.5, 0.6) is 5.75 Å². The maximum atomic E-state index is 13.1. The molecule has 2 N–H and O–H groups in total. The smallest absolute Gasteiger partial charge is 0.283 e. The Hall–Kier alpha value is -4.31. The number of fused-ring (bicyclic) bond motifs is 2. The number of aromatic nitrogens is 3. The van der Waals surface area contributed by atoms with E-state index in [-0.39, 0.29) is 23.8 Å². The molecule has 0 saturated heterocycles. The summed E-state index contributed by atoms with van der Waals surface area (Å²) in [5, 5.41) is 11.1. The van der Waals surface area contributed by atoms with Crippen LogP contribution in [0.25, 0.3) is 15.9 Å². The molecular weight excluding hydrogens is 457 g/mol. The van der Waals surface area contributed by atoms with E-state index in [0.717, 1.165) is 5.56 Å². The molecule has 0 aliphatic rings. The monoisotopic (exact) mass is 475 g/mol. The Morgan fingerprint density at radius 1 is 1.12 bits per heavy atom. The summed E-state index contributed by atoms with van der Waals surface area (Å²) in [5.74, 6) is -0.0165. The van der Waals surface area contributed by atoms with E-state index in [2.05, 4.69) is 20.7 Å². The van der Waals surface area contributed by atoms with Gasteiger partial charge in [-0.3, -0.25) is 9.59 Å². The number of nitrogens with one attached hydrogen (secondary N) is 2. The summed E-state index contributed by atoms with van der Waals surface area (Å²) in [6.07, 6.45) is 0. The molecule has 0 bridgehead atoms. The summed E-state index contributed by atoms with van der Waals surface area (Å²) in [6.45, 7) is 0.249. The zero-order chi connectivity index (χ0) is 23.7. The molecule has 0 saturated carbocycles. The number of anilines is 2. The number of rotatable bonds is 6. The summed E-state index contributed by atoms with van der Waals surface area (Å²) in [7, 11) is 1.57. The highest BCUT2D eigenvalue weighted by Gasteiger charge is 2.14. The summed E-state index contributed by atoms with van der Waals surface area (Å²) in [5.41, 5.74) is 1.91. The van der Waals surface area contributed by atoms with Crippen molar-refractivity contribution in [1.82, 2.24) is 19.9 Å². The SMILES string of the molecule is COc1ccccc1Nc1nn2c(=O)c3ccc(C(=O)NCc4ccc(F)cc4)cc3nc2s1. The third-order valence-electron chi connectivity index (χ3n) is 5.17. The van der Waals surface area contributed by atoms with Gasteiger partial charge in [0.15, 0.2) is 0 Å². The first-order valence-electron chi connectivity index (χ1n) is 10.3. The Bertz CT molecular complexity index is 1580. The van der Waals surface area contributed by atoms with Gasteiger partial charge in [0.2, 0.25) is 10.1 Å². The maximum Gasteiger partial charge on any atom is 0.283 e. The number of hydrogen-bond acceptors (Lipinski definition) is 7. The zero-order valence-electron chi connectivity index (χ0n) is 17.9. The number of carbonyl (C=O) groups excluding carboxylic acids is 1. The fourth-order valence-corrected chi connectivity index (χ4v) is 4.26. The van der Waals surface area contributed by atoms with Crippen molar-refractivity contribution in [2.75, 3.05) is 12.4 Å². The number of hydrogen-bond donors (Lipinski definition) is 2. The minimum Gasteiger partial charge on any atom is -0.495 e. The lowest BCUT2D eigenvalue weighted by atomic mass is 10.1. The van der Waals surface area contributed by atoms with E-state index in [1.165, 1.54) is 28.0 Å². The fourth-order valence-electron chi connectivity index (χ4n) is 3.45. The lowest BCUT2D eigenvalue weighted by Crippen LogP contribution is -2.23. The average Bonchev–Trinajstić information content (AvgIpc) is 3.26. The van der Waals surface area contributed by atoms with Crippen molar-refractivity contribution in [3.8, 4) is 5.75 Å². The second kappa shape index (κ2) is 8.91. The molecule has 2 heterocycles. The molecule has 5 aromatic rings. The standard InChI is InChI=1S/C24H18FN5O3S/c1-33-20-5-3-2-4-18(20)27-23-29-30-22(32)17-11-8-15(12-19(17)28-24(30)34-23)21(31)26-13-14-6-9-16(25)10-7-14/h2-12H,13H2,1H3,(H,26,31)(H,27,29). The van der Waals surface area contributed by atoms with E-state index in [0.29, 0.717) is 38.0 Å². The van der Waals surface area contributed by atoms with Crippen molar-refractivity contribution in [2.45, 2.75) is 6.54 Å². The van der Waals surface area contributed by atoms with Gasteiger partial charge >= 0.3 is 0 Å². The second-order valence-corrected chi connectivity index (χ2v) is 8.34. The number of nitrogens with zero attached hydrogens (tertiary/aromatic N) is 3. The van der Waals surface area contributed by atoms with Crippen LogP contribution in [0.4, 0.5) is 15.2 Å². The molecule has 8 nitrogen and oxygen atoms in total. The van der Waals surface area contributed by atoms with Gasteiger partial charge in [0.25, 0.3) is 11.5 Å². The van der Waals surface area contributed by atoms with Crippen LogP contribution in [0, 0.1) is 5.82 Å². The summed E-state index contributed by atoms with van der Waals surface area (Å²) >= 11 is 1.21. The molecule has 10 heteroatoms. The molecule has 0 radical (unpaired) electrons. The third-order valence-corrected chi connectivity index (χ3v) is 6.00. The van der Waals surface area contributed by atoms with Crippen molar-refractivity contribution in [2.24, 2.45) is 0 Å². The van der Waals surface area contributed by atoms with Gasteiger partial charge in [-0.25, -0.2) is 9.37 Å². The Labute approximate surface area is 196 Å². The molecule has 0 aliphatic carbocycles. The average molecular weight is 476 g/mol. The number of halogens is 1. The normalized spacial score (nSPS) is 11.0. The molecule has 1 amide bonds. The lowest BCUT2D eigenvalue weighted by Gasteiger charge is -2.07. The first kappa shape index (κ1) is 21.5. The summed E-state index contributed by atoms with van der Waals surface area (Å²) in [6, 6.07) is 18.0. The molecule has 0 spiro atoms. The molecule has 0 aliphatic heterocycles. The van der Waals surface area contributed by atoms with Gasteiger partial charge in [0.05, 0.1) is 23.7 Å². The predicted octanol–water partition coefficient (Wildman–Crippen LogP) is 4.13. The number of amides is 1. The lowest BCUT2D eigenvalue weighted by molar-refractivity contribution is 0.0951. The van der Waals surface area contributed by atoms with Gasteiger partial charge in [0, 0.05) is 12.1 Å². The van der Waals surface area contributed by atoms with Crippen molar-refractivity contribution < 1.29 is 13.9 Å². The van der Waals surface area contributed by atoms with Crippen LogP contribution < -0.4 is 20.9 Å². The molecule has 2 aromatic heterocycles. The maximum absolute atomic E-state index is 13.1. The number of ether oxygens (including phenoxy) is 1. The molecule has 0 fully saturated rings. The Morgan fingerprint density at radius 3 is 2.71 bits per heavy atom. The second-order valence-electron chi connectivity index (χ2n) is 7.38. The van der Waals surface area contributed by atoms with E-state index >= 15 is 0 Å². The molecular formula is C24H18FN5O3S. The van der Waals surface area contributed by atoms with Crippen molar-refractivity contribution in [3.63, 3.8) is 0 Å². The number of para-hydroxylation sites is 2. The van der Waals surface area contributed by atoms with Crippen molar-refractivity contribution >= 4 is 43.9 Å². The van der Waals surface area contributed by atoms with E-state index < -0.39 is 0 Å². The Kier molecular flexibility index (Phi) is 5.64. The van der Waals surface area contributed by atoms with E-state index in [4.69, 9.17) is 4.74 Å². The van der Waals surface area contributed by atoms with Crippen LogP contribution in [0.2, 0.25) is 0 Å². The molecule has 5 rings (SSSR count). The van der Waals surface area contributed by atoms with Gasteiger partial charge in [-0.2, -0.15) is 4.52 Å². The third kappa shape index (κ3) is 4.18. The Morgan fingerprint density at radius 2 is 1.91 bits per heavy atom. The molecule has 170 valence electrons. The highest BCUT2D eigenvalue weighted by Crippen LogP contribution is 2.29. The van der Waals surface area contributed by atoms with Gasteiger partial charge in [0.1, 0.15) is 11.6 Å². The quantitative estimate of drug-likeness (QED) is 0.383. The molecule has 0 atom stereocenters. The zero-order valence-corrected chi connectivity index (χ0v) is 18.7. The van der Waals surface area contributed by atoms with Crippen LogP contribution in [0.15, 0.2) is 71.5 Å². The highest BCUT2D eigenvalue weighted by atomic mass is 32.1. The molecule has 34 heavy (non-hydrogen) atoms. The van der Waals surface area contributed by atoms with Gasteiger partial charge in [-0.05, 0) is 48.0 Å². The fraction of sp³-hybridized carbons (Fsp3) is 0.0833. The minimum atomic E-state index is -0.336. The van der Waals surface area contributed by atoms with Crippen molar-refractivity contribution in [1.29, 1.82) is 0 Å². The number of methoxy groups -OCH3 is 1. The van der Waals surface area contributed by atoms with Crippen LogP contribution in [0.3, 0.4) is 0 Å². The van der Waals surface area contributed by atoms with Crippen LogP contribution in [-0.2, 0) is 6.54 Å². The number of carbonyl (C=O) groups is 1. The summed E-state index contributed by atoms with van der Waals surface area (Å²) in [4.78, 5) is 30.5. The van der Waals surface area contributed by atoms with E-state index in [1.54, 1.807) is 37.4 Å². The topological polar surface area (TPSA) is 97.6 Å². The number of benzene rings is 3.